The first-order valence-electron chi connectivity index (χ1n) is 5.40. The van der Waals surface area contributed by atoms with Crippen LogP contribution in [0.15, 0.2) is 30.3 Å². The van der Waals surface area contributed by atoms with Crippen molar-refractivity contribution in [1.29, 1.82) is 0 Å². The molecule has 0 N–H and O–H groups in total. The highest BCUT2D eigenvalue weighted by molar-refractivity contribution is 6.20. The summed E-state index contributed by atoms with van der Waals surface area (Å²) in [5.74, 6) is 0. The summed E-state index contributed by atoms with van der Waals surface area (Å²) in [5, 5.41) is 2.35. The van der Waals surface area contributed by atoms with Crippen molar-refractivity contribution in [2.45, 2.75) is 24.8 Å². The molecule has 0 atom stereocenters. The molecule has 0 saturated carbocycles. The van der Waals surface area contributed by atoms with Gasteiger partial charge in [0, 0.05) is 18.5 Å². The third-order valence-electron chi connectivity index (χ3n) is 2.64. The average Bonchev–Trinajstić information content (AvgIpc) is 2.30. The highest BCUT2D eigenvalue weighted by Crippen LogP contribution is 2.16. The molecule has 0 amide bonds. The van der Waals surface area contributed by atoms with Gasteiger partial charge in [0.2, 0.25) is 0 Å². The van der Waals surface area contributed by atoms with Crippen LogP contribution in [0.2, 0.25) is 0 Å². The van der Waals surface area contributed by atoms with E-state index in [1.807, 2.05) is 23.3 Å². The Morgan fingerprint density at radius 2 is 1.87 bits per heavy atom. The number of benzene rings is 1. The van der Waals surface area contributed by atoms with Crippen molar-refractivity contribution in [1.82, 2.24) is 5.06 Å². The lowest BCUT2D eigenvalue weighted by Gasteiger charge is -2.28. The van der Waals surface area contributed by atoms with Crippen LogP contribution in [0.1, 0.15) is 18.4 Å². The number of piperidine rings is 1. The zero-order chi connectivity index (χ0) is 10.5. The van der Waals surface area contributed by atoms with Gasteiger partial charge in [-0.1, -0.05) is 30.3 Å². The Hall–Kier alpha value is -0.570. The molecule has 1 aliphatic rings. The molecule has 0 unspecified atom stereocenters. The number of hydrogen-bond acceptors (Lipinski definition) is 2. The fourth-order valence-corrected chi connectivity index (χ4v) is 1.89. The summed E-state index contributed by atoms with van der Waals surface area (Å²) in [6.07, 6.45) is 2.05. The van der Waals surface area contributed by atoms with Crippen molar-refractivity contribution >= 4 is 11.6 Å². The van der Waals surface area contributed by atoms with E-state index in [-0.39, 0.29) is 0 Å². The summed E-state index contributed by atoms with van der Waals surface area (Å²) in [6.45, 7) is 2.55. The van der Waals surface area contributed by atoms with E-state index < -0.39 is 0 Å². The van der Waals surface area contributed by atoms with Crippen LogP contribution in [0, 0.1) is 0 Å². The van der Waals surface area contributed by atoms with Gasteiger partial charge >= 0.3 is 0 Å². The number of alkyl halides is 1. The fourth-order valence-electron chi connectivity index (χ4n) is 1.69. The van der Waals surface area contributed by atoms with Crippen LogP contribution in [0.3, 0.4) is 0 Å². The molecule has 1 fully saturated rings. The molecule has 1 heterocycles. The number of hydroxylamine groups is 2. The van der Waals surface area contributed by atoms with Crippen LogP contribution < -0.4 is 0 Å². The highest BCUT2D eigenvalue weighted by atomic mass is 35.5. The van der Waals surface area contributed by atoms with Gasteiger partial charge in [-0.05, 0) is 18.4 Å². The van der Waals surface area contributed by atoms with Gasteiger partial charge < -0.3 is 0 Å². The molecule has 3 heteroatoms. The first-order valence-corrected chi connectivity index (χ1v) is 5.84. The van der Waals surface area contributed by atoms with Crippen molar-refractivity contribution in [3.8, 4) is 0 Å². The summed E-state index contributed by atoms with van der Waals surface area (Å²) in [7, 11) is 0. The molecule has 0 bridgehead atoms. The Labute approximate surface area is 95.7 Å². The molecule has 0 radical (unpaired) electrons. The Bertz CT molecular complexity index is 283. The summed E-state index contributed by atoms with van der Waals surface area (Å²) >= 11 is 6.02. The Morgan fingerprint density at radius 3 is 2.53 bits per heavy atom. The Balaban J connectivity index is 1.74. The van der Waals surface area contributed by atoms with Gasteiger partial charge in [0.15, 0.2) is 0 Å². The Kier molecular flexibility index (Phi) is 4.01. The van der Waals surface area contributed by atoms with Crippen LogP contribution in [-0.4, -0.2) is 23.5 Å². The van der Waals surface area contributed by atoms with Gasteiger partial charge in [-0.25, -0.2) is 0 Å². The van der Waals surface area contributed by atoms with Crippen molar-refractivity contribution in [2.75, 3.05) is 13.1 Å². The molecule has 0 aromatic heterocycles. The first-order chi connectivity index (χ1) is 7.34. The van der Waals surface area contributed by atoms with E-state index in [1.54, 1.807) is 0 Å². The zero-order valence-electron chi connectivity index (χ0n) is 8.73. The topological polar surface area (TPSA) is 12.5 Å². The van der Waals surface area contributed by atoms with Crippen LogP contribution in [0.5, 0.6) is 0 Å². The minimum Gasteiger partial charge on any atom is -0.294 e. The second-order valence-electron chi connectivity index (χ2n) is 3.86. The largest absolute Gasteiger partial charge is 0.294 e. The summed E-state index contributed by atoms with van der Waals surface area (Å²) in [4.78, 5) is 5.69. The average molecular weight is 226 g/mol. The van der Waals surface area contributed by atoms with Crippen LogP contribution >= 0.6 is 11.6 Å². The van der Waals surface area contributed by atoms with Gasteiger partial charge in [-0.15, -0.1) is 11.6 Å². The second-order valence-corrected chi connectivity index (χ2v) is 4.48. The van der Waals surface area contributed by atoms with Crippen LogP contribution in [0.4, 0.5) is 0 Å². The number of hydrogen-bond donors (Lipinski definition) is 0. The van der Waals surface area contributed by atoms with E-state index in [2.05, 4.69) is 12.1 Å². The number of nitrogens with zero attached hydrogens (tertiary/aromatic N) is 1. The van der Waals surface area contributed by atoms with Crippen LogP contribution in [0.25, 0.3) is 0 Å². The lowest BCUT2D eigenvalue weighted by Crippen LogP contribution is -2.33. The molecular weight excluding hydrogens is 210 g/mol. The normalized spacial score (nSPS) is 19.3. The predicted octanol–water partition coefficient (Wildman–Crippen LogP) is 2.82. The quantitative estimate of drug-likeness (QED) is 0.734. The molecule has 1 aromatic rings. The maximum absolute atomic E-state index is 6.02. The summed E-state index contributed by atoms with van der Waals surface area (Å²) in [5.41, 5.74) is 1.21. The van der Waals surface area contributed by atoms with E-state index in [9.17, 15) is 0 Å². The lowest BCUT2D eigenvalue weighted by atomic mass is 10.2. The smallest absolute Gasteiger partial charge is 0.0935 e. The third kappa shape index (κ3) is 3.49. The maximum atomic E-state index is 6.02. The number of halogens is 1. The molecule has 2 nitrogen and oxygen atoms in total. The molecule has 1 saturated heterocycles. The van der Waals surface area contributed by atoms with Gasteiger partial charge in [0.05, 0.1) is 6.61 Å². The molecule has 1 aromatic carbocycles. The zero-order valence-corrected chi connectivity index (χ0v) is 9.49. The predicted molar refractivity (Wildman–Crippen MR) is 61.7 cm³/mol. The maximum Gasteiger partial charge on any atom is 0.0935 e. The lowest BCUT2D eigenvalue weighted by molar-refractivity contribution is -0.177. The van der Waals surface area contributed by atoms with E-state index in [0.717, 1.165) is 25.9 Å². The monoisotopic (exact) mass is 225 g/mol. The minimum absolute atomic E-state index is 0.335. The minimum atomic E-state index is 0.335. The molecule has 1 aliphatic heterocycles. The first kappa shape index (κ1) is 10.9. The summed E-state index contributed by atoms with van der Waals surface area (Å²) < 4.78 is 0. The standard InChI is InChI=1S/C12H16ClNO/c13-12-6-8-14(9-7-12)15-10-11-4-2-1-3-5-11/h1-5,12H,6-10H2. The van der Waals surface area contributed by atoms with Crippen molar-refractivity contribution in [3.05, 3.63) is 35.9 Å². The van der Waals surface area contributed by atoms with Crippen molar-refractivity contribution in [3.63, 3.8) is 0 Å². The molecular formula is C12H16ClNO. The molecule has 15 heavy (non-hydrogen) atoms. The second kappa shape index (κ2) is 5.50. The molecule has 2 rings (SSSR count). The van der Waals surface area contributed by atoms with E-state index in [1.165, 1.54) is 5.56 Å². The van der Waals surface area contributed by atoms with Gasteiger partial charge in [0.25, 0.3) is 0 Å². The van der Waals surface area contributed by atoms with E-state index >= 15 is 0 Å². The van der Waals surface area contributed by atoms with Crippen molar-refractivity contribution in [2.24, 2.45) is 0 Å². The SMILES string of the molecule is ClC1CCN(OCc2ccccc2)CC1. The van der Waals surface area contributed by atoms with E-state index in [4.69, 9.17) is 16.4 Å². The van der Waals surface area contributed by atoms with E-state index in [0.29, 0.717) is 12.0 Å². The summed E-state index contributed by atoms with van der Waals surface area (Å²) in [6, 6.07) is 10.2. The molecule has 0 spiro atoms. The van der Waals surface area contributed by atoms with Gasteiger partial charge in [-0.2, -0.15) is 5.06 Å². The highest BCUT2D eigenvalue weighted by Gasteiger charge is 2.17. The van der Waals surface area contributed by atoms with Gasteiger partial charge in [0.1, 0.15) is 0 Å². The fraction of sp³-hybridized carbons (Fsp3) is 0.500. The molecule has 82 valence electrons. The van der Waals surface area contributed by atoms with Gasteiger partial charge in [-0.3, -0.25) is 4.84 Å². The number of rotatable bonds is 3. The molecule has 0 aliphatic carbocycles. The van der Waals surface area contributed by atoms with Crippen molar-refractivity contribution < 1.29 is 4.84 Å². The van der Waals surface area contributed by atoms with Crippen LogP contribution in [-0.2, 0) is 11.4 Å². The third-order valence-corrected chi connectivity index (χ3v) is 3.08. The Morgan fingerprint density at radius 1 is 1.20 bits per heavy atom.